The zero-order valence-corrected chi connectivity index (χ0v) is 10.6. The third kappa shape index (κ3) is 2.66. The van der Waals surface area contributed by atoms with E-state index in [2.05, 4.69) is 0 Å². The van der Waals surface area contributed by atoms with E-state index < -0.39 is 9.24 Å². The van der Waals surface area contributed by atoms with Gasteiger partial charge in [-0.25, -0.2) is 0 Å². The smallest absolute Gasteiger partial charge is 0.195 e. The number of nitrogens with zero attached hydrogens (tertiary/aromatic N) is 1. The second-order valence-corrected chi connectivity index (χ2v) is 7.38. The highest BCUT2D eigenvalue weighted by Gasteiger charge is 2.41. The zero-order chi connectivity index (χ0) is 11.1. The van der Waals surface area contributed by atoms with Crippen molar-refractivity contribution in [3.8, 4) is 0 Å². The summed E-state index contributed by atoms with van der Waals surface area (Å²) in [7, 11) is 3.49. The van der Waals surface area contributed by atoms with Gasteiger partial charge in [0, 0.05) is 23.8 Å². The molecule has 2 unspecified atom stereocenters. The second kappa shape index (κ2) is 4.22. The van der Waals surface area contributed by atoms with Crippen molar-refractivity contribution < 1.29 is 8.42 Å². The summed E-state index contributed by atoms with van der Waals surface area (Å²) in [5.41, 5.74) is 0. The Hall–Kier alpha value is 0.200. The molecule has 0 aliphatic heterocycles. The van der Waals surface area contributed by atoms with Crippen LogP contribution in [-0.2, 0) is 9.24 Å². The summed E-state index contributed by atoms with van der Waals surface area (Å²) in [6, 6.07) is 0.147. The van der Waals surface area contributed by atoms with Crippen molar-refractivity contribution in [2.75, 3.05) is 7.05 Å². The van der Waals surface area contributed by atoms with Gasteiger partial charge in [0.2, 0.25) is 0 Å². The van der Waals surface area contributed by atoms with Crippen LogP contribution >= 0.6 is 10.7 Å². The highest BCUT2D eigenvalue weighted by Crippen LogP contribution is 2.45. The van der Waals surface area contributed by atoms with Gasteiger partial charge in [-0.05, 0) is 37.5 Å². The molecule has 2 rings (SSSR count). The van der Waals surface area contributed by atoms with Gasteiger partial charge < -0.3 is 0 Å². The van der Waals surface area contributed by atoms with Crippen molar-refractivity contribution in [3.63, 3.8) is 0 Å². The average molecular weight is 252 g/mol. The van der Waals surface area contributed by atoms with Crippen LogP contribution in [0.4, 0.5) is 0 Å². The van der Waals surface area contributed by atoms with Gasteiger partial charge in [-0.1, -0.05) is 12.8 Å². The van der Waals surface area contributed by atoms with Gasteiger partial charge in [0.25, 0.3) is 9.24 Å². The summed E-state index contributed by atoms with van der Waals surface area (Å²) < 4.78 is 24.0. The van der Waals surface area contributed by atoms with E-state index in [-0.39, 0.29) is 6.04 Å². The largest absolute Gasteiger partial charge is 0.299 e. The normalized spacial score (nSPS) is 33.3. The maximum absolute atomic E-state index is 11.3. The number of hydrogen-bond donors (Lipinski definition) is 0. The van der Waals surface area contributed by atoms with Crippen LogP contribution in [-0.4, -0.2) is 25.8 Å². The predicted molar refractivity (Wildman–Crippen MR) is 61.0 cm³/mol. The predicted octanol–water partition coefficient (Wildman–Crippen LogP) is 2.37. The monoisotopic (exact) mass is 251 g/mol. The van der Waals surface area contributed by atoms with Gasteiger partial charge in [0.05, 0.1) is 0 Å². The minimum atomic E-state index is -3.54. The quantitative estimate of drug-likeness (QED) is 0.723. The van der Waals surface area contributed by atoms with Crippen LogP contribution < -0.4 is 0 Å². The van der Waals surface area contributed by atoms with Crippen LogP contribution in [0.15, 0.2) is 0 Å². The molecule has 2 atom stereocenters. The van der Waals surface area contributed by atoms with Gasteiger partial charge in [0.15, 0.2) is 0 Å². The lowest BCUT2D eigenvalue weighted by molar-refractivity contribution is 0.181. The van der Waals surface area contributed by atoms with Crippen molar-refractivity contribution in [2.45, 2.75) is 44.6 Å². The highest BCUT2D eigenvalue weighted by atomic mass is 35.7. The summed E-state index contributed by atoms with van der Waals surface area (Å²) in [4.78, 5) is 0. The second-order valence-electron chi connectivity index (χ2n) is 4.81. The molecule has 0 bridgehead atoms. The molecule has 2 aliphatic carbocycles. The van der Waals surface area contributed by atoms with E-state index in [1.54, 1.807) is 7.05 Å². The maximum atomic E-state index is 11.3. The number of rotatable bonds is 3. The fourth-order valence-electron chi connectivity index (χ4n) is 2.83. The fourth-order valence-corrected chi connectivity index (χ4v) is 3.72. The SMILES string of the molecule is CN(C1CCCCC1C1CC1)S(=O)(=O)Cl. The molecule has 0 amide bonds. The molecule has 88 valence electrons. The van der Waals surface area contributed by atoms with Crippen molar-refractivity contribution in [3.05, 3.63) is 0 Å². The Balaban J connectivity index is 2.10. The summed E-state index contributed by atoms with van der Waals surface area (Å²) in [5.74, 6) is 1.31. The first-order valence-corrected chi connectivity index (χ1v) is 7.94. The number of halogens is 1. The molecular weight excluding hydrogens is 234 g/mol. The van der Waals surface area contributed by atoms with Crippen molar-refractivity contribution in [2.24, 2.45) is 11.8 Å². The lowest BCUT2D eigenvalue weighted by Crippen LogP contribution is -2.42. The van der Waals surface area contributed by atoms with E-state index in [0.717, 1.165) is 18.8 Å². The maximum Gasteiger partial charge on any atom is 0.299 e. The molecule has 0 radical (unpaired) electrons. The lowest BCUT2D eigenvalue weighted by Gasteiger charge is -2.36. The lowest BCUT2D eigenvalue weighted by atomic mass is 9.81. The Morgan fingerprint density at radius 1 is 1.13 bits per heavy atom. The molecule has 2 fully saturated rings. The molecule has 0 heterocycles. The first kappa shape index (κ1) is 11.7. The molecule has 2 saturated carbocycles. The topological polar surface area (TPSA) is 37.4 Å². The van der Waals surface area contributed by atoms with Crippen LogP contribution in [0.1, 0.15) is 38.5 Å². The van der Waals surface area contributed by atoms with Crippen LogP contribution in [0.3, 0.4) is 0 Å². The molecule has 2 aliphatic rings. The zero-order valence-electron chi connectivity index (χ0n) is 9.02. The van der Waals surface area contributed by atoms with Crippen molar-refractivity contribution in [1.29, 1.82) is 0 Å². The van der Waals surface area contributed by atoms with Crippen LogP contribution in [0.5, 0.6) is 0 Å². The summed E-state index contributed by atoms with van der Waals surface area (Å²) in [5, 5.41) is 0. The molecule has 5 heteroatoms. The molecule has 0 saturated heterocycles. The third-order valence-corrected chi connectivity index (χ3v) is 5.43. The first-order chi connectivity index (χ1) is 7.00. The third-order valence-electron chi connectivity index (χ3n) is 3.82. The minimum absolute atomic E-state index is 0.147. The van der Waals surface area contributed by atoms with Gasteiger partial charge in [-0.2, -0.15) is 12.7 Å². The fraction of sp³-hybridized carbons (Fsp3) is 1.00. The van der Waals surface area contributed by atoms with Gasteiger partial charge >= 0.3 is 0 Å². The Morgan fingerprint density at radius 3 is 2.27 bits per heavy atom. The summed E-state index contributed by atoms with van der Waals surface area (Å²) >= 11 is 0. The molecule has 0 N–H and O–H groups in total. The first-order valence-electron chi connectivity index (χ1n) is 5.68. The molecular formula is C10H18ClNO2S. The molecule has 3 nitrogen and oxygen atoms in total. The van der Waals surface area contributed by atoms with E-state index in [1.165, 1.54) is 30.0 Å². The Morgan fingerprint density at radius 2 is 1.73 bits per heavy atom. The molecule has 15 heavy (non-hydrogen) atoms. The summed E-state index contributed by atoms with van der Waals surface area (Å²) in [6.07, 6.45) is 7.07. The molecule has 0 aromatic heterocycles. The van der Waals surface area contributed by atoms with Crippen molar-refractivity contribution >= 4 is 19.9 Å². The van der Waals surface area contributed by atoms with Gasteiger partial charge in [-0.15, -0.1) is 0 Å². The van der Waals surface area contributed by atoms with Crippen LogP contribution in [0.2, 0.25) is 0 Å². The molecule has 0 aromatic rings. The van der Waals surface area contributed by atoms with Gasteiger partial charge in [0.1, 0.15) is 0 Å². The van der Waals surface area contributed by atoms with E-state index in [1.807, 2.05) is 0 Å². The van der Waals surface area contributed by atoms with E-state index >= 15 is 0 Å². The minimum Gasteiger partial charge on any atom is -0.195 e. The Kier molecular flexibility index (Phi) is 3.29. The van der Waals surface area contributed by atoms with E-state index in [0.29, 0.717) is 5.92 Å². The molecule has 0 aromatic carbocycles. The molecule has 0 spiro atoms. The Labute approximate surface area is 96.3 Å². The van der Waals surface area contributed by atoms with E-state index in [4.69, 9.17) is 10.7 Å². The van der Waals surface area contributed by atoms with E-state index in [9.17, 15) is 8.42 Å². The van der Waals surface area contributed by atoms with Crippen LogP contribution in [0, 0.1) is 11.8 Å². The summed E-state index contributed by atoms with van der Waals surface area (Å²) in [6.45, 7) is 0. The number of hydrogen-bond acceptors (Lipinski definition) is 2. The van der Waals surface area contributed by atoms with Crippen molar-refractivity contribution in [1.82, 2.24) is 4.31 Å². The van der Waals surface area contributed by atoms with Crippen LogP contribution in [0.25, 0.3) is 0 Å². The highest BCUT2D eigenvalue weighted by molar-refractivity contribution is 8.11. The standard InChI is InChI=1S/C10H18ClNO2S/c1-12(15(11,13)14)10-5-3-2-4-9(10)8-6-7-8/h8-10H,2-7H2,1H3. The average Bonchev–Trinajstić information content (AvgIpc) is 2.98. The van der Waals surface area contributed by atoms with Gasteiger partial charge in [-0.3, -0.25) is 0 Å². The Bertz CT molecular complexity index is 326.